The second-order valence-electron chi connectivity index (χ2n) is 9.90. The van der Waals surface area contributed by atoms with Crippen molar-refractivity contribution in [3.05, 3.63) is 23.3 Å². The smallest absolute Gasteiger partial charge is 0.165 e. The summed E-state index contributed by atoms with van der Waals surface area (Å²) in [7, 11) is 4.13. The van der Waals surface area contributed by atoms with Crippen molar-refractivity contribution in [2.75, 3.05) is 33.8 Å². The topological polar surface area (TPSA) is 33.7 Å². The van der Waals surface area contributed by atoms with Gasteiger partial charge in [0.15, 0.2) is 11.5 Å². The number of piperidine rings is 1. The van der Waals surface area contributed by atoms with E-state index in [9.17, 15) is 0 Å². The number of likely N-dealkylation sites (tertiary alicyclic amines) is 1. The predicted molar refractivity (Wildman–Crippen MR) is 117 cm³/mol. The third kappa shape index (κ3) is 2.93. The van der Waals surface area contributed by atoms with Gasteiger partial charge in [0.1, 0.15) is 6.10 Å². The van der Waals surface area contributed by atoms with Crippen LogP contribution in [0.25, 0.3) is 0 Å². The average Bonchev–Trinajstić information content (AvgIpc) is 3.09. The summed E-state index contributed by atoms with van der Waals surface area (Å²) in [5.41, 5.74) is 3.31. The van der Waals surface area contributed by atoms with Crippen LogP contribution < -0.4 is 14.8 Å². The molecule has 160 valence electrons. The van der Waals surface area contributed by atoms with Crippen LogP contribution >= 0.6 is 0 Å². The number of nitrogens with zero attached hydrogens (tertiary/aromatic N) is 1. The van der Waals surface area contributed by atoms with Gasteiger partial charge < -0.3 is 19.7 Å². The normalized spacial score (nSPS) is 34.6. The molecule has 0 aromatic heterocycles. The molecule has 29 heavy (non-hydrogen) atoms. The molecule has 1 saturated heterocycles. The SMILES string of the molecule is CCCNCCCCC1CCC2C3Cc4ccc(OC)c5c4[C@]2(CCN3C)C1O5. The van der Waals surface area contributed by atoms with Crippen LogP contribution in [0.2, 0.25) is 0 Å². The van der Waals surface area contributed by atoms with Crippen molar-refractivity contribution in [1.29, 1.82) is 0 Å². The summed E-state index contributed by atoms with van der Waals surface area (Å²) in [6.45, 7) is 5.74. The molecule has 2 bridgehead atoms. The van der Waals surface area contributed by atoms with Crippen molar-refractivity contribution in [3.8, 4) is 11.5 Å². The molecule has 0 amide bonds. The molecule has 1 spiro atoms. The zero-order valence-electron chi connectivity index (χ0n) is 18.5. The molecule has 2 heterocycles. The fourth-order valence-corrected chi connectivity index (χ4v) is 7.25. The van der Waals surface area contributed by atoms with Crippen molar-refractivity contribution < 1.29 is 9.47 Å². The molecule has 4 heteroatoms. The fraction of sp³-hybridized carbons (Fsp3) is 0.760. The van der Waals surface area contributed by atoms with Crippen molar-refractivity contribution in [3.63, 3.8) is 0 Å². The number of rotatable bonds is 8. The van der Waals surface area contributed by atoms with Crippen molar-refractivity contribution in [1.82, 2.24) is 10.2 Å². The first-order valence-corrected chi connectivity index (χ1v) is 12.0. The zero-order chi connectivity index (χ0) is 20.0. The second kappa shape index (κ2) is 7.77. The van der Waals surface area contributed by atoms with Gasteiger partial charge in [-0.15, -0.1) is 0 Å². The maximum atomic E-state index is 6.88. The second-order valence-corrected chi connectivity index (χ2v) is 9.90. The Bertz CT molecular complexity index is 751. The van der Waals surface area contributed by atoms with Crippen LogP contribution in [-0.4, -0.2) is 50.8 Å². The first kappa shape index (κ1) is 19.7. The van der Waals surface area contributed by atoms with Gasteiger partial charge in [-0.2, -0.15) is 0 Å². The number of hydrogen-bond donors (Lipinski definition) is 1. The Morgan fingerprint density at radius 3 is 2.97 bits per heavy atom. The Balaban J connectivity index is 1.43. The van der Waals surface area contributed by atoms with E-state index in [1.165, 1.54) is 63.5 Å². The van der Waals surface area contributed by atoms with Gasteiger partial charge in [-0.1, -0.05) is 19.4 Å². The van der Waals surface area contributed by atoms with Crippen LogP contribution in [0.15, 0.2) is 12.1 Å². The molecule has 2 aliphatic heterocycles. The molecule has 4 unspecified atom stereocenters. The first-order valence-electron chi connectivity index (χ1n) is 12.0. The highest BCUT2D eigenvalue weighted by molar-refractivity contribution is 5.61. The van der Waals surface area contributed by atoms with Crippen LogP contribution in [0, 0.1) is 11.8 Å². The minimum absolute atomic E-state index is 0.234. The quantitative estimate of drug-likeness (QED) is 0.667. The lowest BCUT2D eigenvalue weighted by molar-refractivity contribution is -0.0710. The Labute approximate surface area is 176 Å². The van der Waals surface area contributed by atoms with Gasteiger partial charge in [0.2, 0.25) is 0 Å². The average molecular weight is 399 g/mol. The zero-order valence-corrected chi connectivity index (χ0v) is 18.5. The van der Waals surface area contributed by atoms with Gasteiger partial charge >= 0.3 is 0 Å². The predicted octanol–water partition coefficient (Wildman–Crippen LogP) is 4.15. The molecule has 2 aliphatic carbocycles. The van der Waals surface area contributed by atoms with E-state index in [4.69, 9.17) is 9.47 Å². The maximum absolute atomic E-state index is 6.88. The molecular formula is C25H38N2O2. The number of ether oxygens (including phenoxy) is 2. The molecule has 1 aromatic rings. The number of nitrogens with one attached hydrogen (secondary N) is 1. The van der Waals surface area contributed by atoms with Gasteiger partial charge in [0.25, 0.3) is 0 Å². The molecule has 1 N–H and O–H groups in total. The molecular weight excluding hydrogens is 360 g/mol. The summed E-state index contributed by atoms with van der Waals surface area (Å²) in [6, 6.07) is 5.16. The Morgan fingerprint density at radius 2 is 2.14 bits per heavy atom. The number of benzene rings is 1. The molecule has 1 saturated carbocycles. The summed E-state index contributed by atoms with van der Waals surface area (Å²) in [5.74, 6) is 3.48. The van der Waals surface area contributed by atoms with E-state index in [0.29, 0.717) is 18.1 Å². The third-order valence-electron chi connectivity index (χ3n) is 8.53. The van der Waals surface area contributed by atoms with Crippen molar-refractivity contribution in [2.45, 2.75) is 75.9 Å². The summed E-state index contributed by atoms with van der Waals surface area (Å²) < 4.78 is 12.6. The molecule has 5 rings (SSSR count). The molecule has 5 atom stereocenters. The number of methoxy groups -OCH3 is 1. The minimum atomic E-state index is 0.234. The highest BCUT2D eigenvalue weighted by atomic mass is 16.5. The Kier molecular flexibility index (Phi) is 5.28. The van der Waals surface area contributed by atoms with Crippen LogP contribution in [0.5, 0.6) is 11.5 Å². The highest BCUT2D eigenvalue weighted by Crippen LogP contribution is 2.65. The fourth-order valence-electron chi connectivity index (χ4n) is 7.25. The van der Waals surface area contributed by atoms with Gasteiger partial charge in [-0.25, -0.2) is 0 Å². The van der Waals surface area contributed by atoms with Crippen molar-refractivity contribution >= 4 is 0 Å². The number of unbranched alkanes of at least 4 members (excludes halogenated alkanes) is 1. The third-order valence-corrected chi connectivity index (χ3v) is 8.53. The Hall–Kier alpha value is -1.26. The first-order chi connectivity index (χ1) is 14.2. The van der Waals surface area contributed by atoms with E-state index < -0.39 is 0 Å². The molecule has 1 aromatic carbocycles. The summed E-state index contributed by atoms with van der Waals surface area (Å²) in [6.07, 6.45) is 10.6. The van der Waals surface area contributed by atoms with Gasteiger partial charge in [-0.3, -0.25) is 0 Å². The van der Waals surface area contributed by atoms with Gasteiger partial charge in [0.05, 0.1) is 7.11 Å². The molecule has 0 radical (unpaired) electrons. The largest absolute Gasteiger partial charge is 0.493 e. The van der Waals surface area contributed by atoms with E-state index in [1.54, 1.807) is 12.7 Å². The Morgan fingerprint density at radius 1 is 1.24 bits per heavy atom. The van der Waals surface area contributed by atoms with Crippen molar-refractivity contribution in [2.24, 2.45) is 11.8 Å². The van der Waals surface area contributed by atoms with Gasteiger partial charge in [-0.05, 0) is 95.1 Å². The molecule has 4 aliphatic rings. The maximum Gasteiger partial charge on any atom is 0.165 e. The van der Waals surface area contributed by atoms with E-state index in [2.05, 4.69) is 36.3 Å². The van der Waals surface area contributed by atoms with Crippen LogP contribution in [0.1, 0.15) is 63.0 Å². The molecule has 4 nitrogen and oxygen atoms in total. The van der Waals surface area contributed by atoms with Crippen LogP contribution in [0.3, 0.4) is 0 Å². The van der Waals surface area contributed by atoms with E-state index in [0.717, 1.165) is 30.5 Å². The summed E-state index contributed by atoms with van der Waals surface area (Å²) in [4.78, 5) is 2.64. The lowest BCUT2D eigenvalue weighted by atomic mass is 9.50. The minimum Gasteiger partial charge on any atom is -0.493 e. The standard InChI is InChI=1S/C25H38N2O2/c1-4-13-26-14-6-5-7-17-8-10-19-20-16-18-9-11-21(28-3)23-22(18)25(19,24(17)29-23)12-15-27(20)2/h9,11,17,19-20,24,26H,4-8,10,12-16H2,1-3H3/t17?,19?,20?,24?,25-/m1/s1. The van der Waals surface area contributed by atoms with E-state index in [-0.39, 0.29) is 5.41 Å². The van der Waals surface area contributed by atoms with Crippen LogP contribution in [0.4, 0.5) is 0 Å². The highest BCUT2D eigenvalue weighted by Gasteiger charge is 2.65. The van der Waals surface area contributed by atoms with Gasteiger partial charge in [0, 0.05) is 17.0 Å². The summed E-state index contributed by atoms with van der Waals surface area (Å²) >= 11 is 0. The van der Waals surface area contributed by atoms with Crippen LogP contribution in [-0.2, 0) is 11.8 Å². The number of likely N-dealkylation sites (N-methyl/N-ethyl adjacent to an activating group) is 1. The molecule has 2 fully saturated rings. The van der Waals surface area contributed by atoms with E-state index >= 15 is 0 Å². The number of hydrogen-bond acceptors (Lipinski definition) is 4. The lowest BCUT2D eigenvalue weighted by Gasteiger charge is -2.59. The summed E-state index contributed by atoms with van der Waals surface area (Å²) in [5, 5.41) is 3.56. The monoisotopic (exact) mass is 398 g/mol. The lowest BCUT2D eigenvalue weighted by Crippen LogP contribution is -2.65. The van der Waals surface area contributed by atoms with E-state index in [1.807, 2.05) is 0 Å².